The molecule has 35 atom stereocenters. The van der Waals surface area contributed by atoms with Gasteiger partial charge in [0.2, 0.25) is 0 Å². The first-order chi connectivity index (χ1) is 40.2. The van der Waals surface area contributed by atoms with Crippen LogP contribution in [0.2, 0.25) is 0 Å². The van der Waals surface area contributed by atoms with Gasteiger partial charge in [0, 0.05) is 11.5 Å². The maximum absolute atomic E-state index is 11.8. The Kier molecular flexibility index (Phi) is 23.0. The van der Waals surface area contributed by atoms with Gasteiger partial charge in [-0.15, -0.1) is 0 Å². The summed E-state index contributed by atoms with van der Waals surface area (Å²) in [5.41, 5.74) is 0.841. The van der Waals surface area contributed by atoms with Gasteiger partial charge in [-0.25, -0.2) is 0 Å². The average molecular weight is 1240 g/mol. The summed E-state index contributed by atoms with van der Waals surface area (Å²) in [5.74, 6) is 0.243. The Morgan fingerprint density at radius 1 is 0.250 bits per heavy atom. The molecule has 20 N–H and O–H groups in total. The molecule has 1 aromatic carbocycles. The molecule has 34 nitrogen and oxygen atoms in total. The molecule has 22 rings (SSSR count). The summed E-state index contributed by atoms with van der Waals surface area (Å²) in [7, 11) is 0. The zero-order valence-corrected chi connectivity index (χ0v) is 45.1. The van der Waals surface area contributed by atoms with Crippen molar-refractivity contribution in [1.82, 2.24) is 0 Å². The standard InChI is InChI=1S/C49H76O34S/c50-6-15-36-23(57)30(64)44(71-15)79-38-17(8-52)73-46(32(66)25(38)59)81-40-19(10-54)75-48(34(68)27(40)61)83-42-21(13-84-12-14-4-2-1-3-5-14)76-49(35(69)28(42)62)82-41-20(11-55)74-47(33(67)26(41)60)80-39-18(9-53)72-45(31(65)24(39)58)78-37-16(7-51)70-43(77-36)29(63)22(37)56/h1-5,15-69H,6-13H2/t15-,16-,17?,18-,19?,20-,21-,22-,23-,24-,25-,26-,27-,28-,29-,30-,31-,32-,33-,34-,35-,36-,37-,38-,39-,40-,41-,42-,43-,44-,45?,46-,47-,48-,49-/m1/s1. The molecular formula is C49H76O34S. The monoisotopic (exact) mass is 1240 g/mol. The Bertz CT molecular complexity index is 2150. The SMILES string of the molecule is OCC1O[C@@H]2O[C@@H]3C(CO)O[C@H](O[C@H]4[C@H](O)[C@@H](O)[C@@H](O[C@H]5[C@H](O)[C@@H](O)[C@@H](O[C@H]6[C@H](O)[C@@H](O)C(O[C@H]7[C@H](O)[C@@H](O)[C@@H](O[C@H]8[C@H](O)[C@@H](O)[C@@H](O[C@H]1[C@H](O)[C@H]2O)O[C@@H]8CO)O[C@@H]7CO)O[C@@H]6CO)O[C@@H]5CO)O[C@@H]4CSCc1ccccc1)[C@H](O)[C@H]3O. The highest BCUT2D eigenvalue weighted by molar-refractivity contribution is 7.98. The lowest BCUT2D eigenvalue weighted by molar-refractivity contribution is -0.396. The van der Waals surface area contributed by atoms with Crippen LogP contribution in [-0.2, 0) is 72.1 Å². The molecule has 84 heavy (non-hydrogen) atoms. The molecule has 0 aliphatic carbocycles. The van der Waals surface area contributed by atoms with Crippen LogP contribution in [0.5, 0.6) is 0 Å². The number of ether oxygens (including phenoxy) is 14. The van der Waals surface area contributed by atoms with Crippen LogP contribution >= 0.6 is 11.8 Å². The van der Waals surface area contributed by atoms with Crippen LogP contribution in [0.4, 0.5) is 0 Å². The van der Waals surface area contributed by atoms with E-state index >= 15 is 0 Å². The van der Waals surface area contributed by atoms with E-state index in [1.807, 2.05) is 12.1 Å². The molecule has 21 aliphatic rings. The van der Waals surface area contributed by atoms with Crippen molar-refractivity contribution in [3.8, 4) is 0 Å². The van der Waals surface area contributed by atoms with Crippen LogP contribution in [0.1, 0.15) is 5.56 Å². The fraction of sp³-hybridized carbons (Fsp3) is 0.878. The van der Waals surface area contributed by atoms with Crippen LogP contribution in [-0.4, -0.2) is 362 Å². The van der Waals surface area contributed by atoms with Gasteiger partial charge in [-0.1, -0.05) is 30.3 Å². The summed E-state index contributed by atoms with van der Waals surface area (Å²) < 4.78 is 81.5. The van der Waals surface area contributed by atoms with E-state index in [1.165, 1.54) is 11.8 Å². The van der Waals surface area contributed by atoms with Gasteiger partial charge in [0.05, 0.1) is 45.7 Å². The van der Waals surface area contributed by atoms with E-state index in [1.54, 1.807) is 18.2 Å². The zero-order valence-electron chi connectivity index (χ0n) is 44.3. The molecule has 21 saturated heterocycles. The Balaban J connectivity index is 1.01. The van der Waals surface area contributed by atoms with Crippen LogP contribution in [0.15, 0.2) is 30.3 Å². The van der Waals surface area contributed by atoms with Crippen molar-refractivity contribution in [2.75, 3.05) is 45.4 Å². The van der Waals surface area contributed by atoms with Crippen LogP contribution in [0.25, 0.3) is 0 Å². The Labute approximate surface area is 481 Å². The first-order valence-electron chi connectivity index (χ1n) is 27.1. The number of hydrogen-bond acceptors (Lipinski definition) is 35. The molecule has 482 valence electrons. The summed E-state index contributed by atoms with van der Waals surface area (Å²) in [6, 6.07) is 9.00. The normalized spacial score (nSPS) is 51.7. The first-order valence-corrected chi connectivity index (χ1v) is 28.3. The van der Waals surface area contributed by atoms with Crippen molar-refractivity contribution in [2.24, 2.45) is 0 Å². The largest absolute Gasteiger partial charge is 0.394 e. The summed E-state index contributed by atoms with van der Waals surface area (Å²) in [6.07, 6.45) is -68.9. The number of hydrogen-bond donors (Lipinski definition) is 20. The molecule has 1 aromatic rings. The first kappa shape index (κ1) is 66.6. The van der Waals surface area contributed by atoms with E-state index in [2.05, 4.69) is 0 Å². The van der Waals surface area contributed by atoms with Gasteiger partial charge in [0.1, 0.15) is 165 Å². The molecule has 14 bridgehead atoms. The Morgan fingerprint density at radius 2 is 0.440 bits per heavy atom. The minimum Gasteiger partial charge on any atom is -0.394 e. The summed E-state index contributed by atoms with van der Waals surface area (Å²) in [5, 5.41) is 223. The quantitative estimate of drug-likeness (QED) is 0.103. The number of rotatable bonds is 10. The molecule has 3 unspecified atom stereocenters. The van der Waals surface area contributed by atoms with Gasteiger partial charge in [-0.05, 0) is 5.56 Å². The van der Waals surface area contributed by atoms with Crippen molar-refractivity contribution >= 4 is 11.8 Å². The van der Waals surface area contributed by atoms with E-state index in [9.17, 15) is 102 Å². The van der Waals surface area contributed by atoms with Crippen LogP contribution in [0, 0.1) is 0 Å². The van der Waals surface area contributed by atoms with Crippen molar-refractivity contribution in [3.05, 3.63) is 35.9 Å². The van der Waals surface area contributed by atoms with E-state index in [-0.39, 0.29) is 5.75 Å². The zero-order chi connectivity index (χ0) is 60.6. The highest BCUT2D eigenvalue weighted by Gasteiger charge is 2.59. The fourth-order valence-corrected chi connectivity index (χ4v) is 12.3. The van der Waals surface area contributed by atoms with E-state index in [0.717, 1.165) is 5.56 Å². The molecule has 0 amide bonds. The fourth-order valence-electron chi connectivity index (χ4n) is 11.3. The second-order valence-electron chi connectivity index (χ2n) is 21.5. The molecular weight excluding hydrogens is 1160 g/mol. The lowest BCUT2D eigenvalue weighted by Crippen LogP contribution is -2.68. The van der Waals surface area contributed by atoms with Gasteiger partial charge >= 0.3 is 0 Å². The molecule has 0 aromatic heterocycles. The summed E-state index contributed by atoms with van der Waals surface area (Å²) in [6.45, 7) is -6.17. The van der Waals surface area contributed by atoms with Gasteiger partial charge in [0.25, 0.3) is 0 Å². The lowest BCUT2D eigenvalue weighted by atomic mass is 9.95. The molecule has 0 radical (unpaired) electrons. The number of aliphatic hydroxyl groups excluding tert-OH is 20. The second-order valence-corrected chi connectivity index (χ2v) is 22.5. The minimum atomic E-state index is -2.20. The molecule has 21 aliphatic heterocycles. The predicted octanol–water partition coefficient (Wildman–Crippen LogP) is -12.3. The van der Waals surface area contributed by atoms with E-state index < -0.39 is 255 Å². The van der Waals surface area contributed by atoms with Crippen LogP contribution < -0.4 is 0 Å². The average Bonchev–Trinajstić information content (AvgIpc) is 3.63. The number of aliphatic hydroxyl groups is 20. The maximum Gasteiger partial charge on any atom is 0.187 e. The van der Waals surface area contributed by atoms with E-state index in [4.69, 9.17) is 66.3 Å². The minimum absolute atomic E-state index is 0.0935. The highest BCUT2D eigenvalue weighted by Crippen LogP contribution is 2.39. The van der Waals surface area contributed by atoms with Gasteiger partial charge in [0.15, 0.2) is 44.0 Å². The predicted molar refractivity (Wildman–Crippen MR) is 264 cm³/mol. The summed E-state index contributed by atoms with van der Waals surface area (Å²) >= 11 is 1.23. The molecule has 0 spiro atoms. The van der Waals surface area contributed by atoms with Crippen molar-refractivity contribution in [1.29, 1.82) is 0 Å². The Morgan fingerprint density at radius 3 is 0.643 bits per heavy atom. The number of thioether (sulfide) groups is 1. The Hall–Kier alpha value is -1.79. The molecule has 21 heterocycles. The van der Waals surface area contributed by atoms with Crippen molar-refractivity contribution in [3.63, 3.8) is 0 Å². The van der Waals surface area contributed by atoms with Gasteiger partial charge in [-0.3, -0.25) is 0 Å². The maximum atomic E-state index is 11.8. The smallest absolute Gasteiger partial charge is 0.187 e. The topological polar surface area (TPSA) is 534 Å². The molecule has 35 heteroatoms. The number of benzene rings is 1. The van der Waals surface area contributed by atoms with Gasteiger partial charge < -0.3 is 168 Å². The van der Waals surface area contributed by atoms with Gasteiger partial charge in [-0.2, -0.15) is 11.8 Å². The summed E-state index contributed by atoms with van der Waals surface area (Å²) in [4.78, 5) is 0. The third-order valence-corrected chi connectivity index (χ3v) is 17.1. The molecule has 0 saturated carbocycles. The van der Waals surface area contributed by atoms with Crippen molar-refractivity contribution < 1.29 is 168 Å². The third kappa shape index (κ3) is 13.6. The lowest BCUT2D eigenvalue weighted by Gasteiger charge is -2.50. The molecule has 21 fully saturated rings. The van der Waals surface area contributed by atoms with E-state index in [0.29, 0.717) is 5.75 Å². The third-order valence-electron chi connectivity index (χ3n) is 16.0. The van der Waals surface area contributed by atoms with Crippen LogP contribution in [0.3, 0.4) is 0 Å². The second kappa shape index (κ2) is 29.0. The highest BCUT2D eigenvalue weighted by atomic mass is 32.2. The van der Waals surface area contributed by atoms with Crippen molar-refractivity contribution in [2.45, 2.75) is 221 Å².